The molecule has 0 saturated carbocycles. The maximum Gasteiger partial charge on any atom is 0.138 e. The molecule has 0 fully saturated rings. The number of hydrogen-bond donors (Lipinski definition) is 0. The van der Waals surface area contributed by atoms with E-state index in [1.807, 2.05) is 35.7 Å². The average molecular weight is 273 g/mol. The van der Waals surface area contributed by atoms with Gasteiger partial charge in [0.2, 0.25) is 0 Å². The van der Waals surface area contributed by atoms with Crippen LogP contribution in [0.15, 0.2) is 48.8 Å². The topological polar surface area (TPSA) is 34.4 Å². The van der Waals surface area contributed by atoms with E-state index in [4.69, 9.17) is 16.4 Å². The highest BCUT2D eigenvalue weighted by Crippen LogP contribution is 2.22. The van der Waals surface area contributed by atoms with Gasteiger partial charge in [0, 0.05) is 22.8 Å². The Hall–Kier alpha value is -2.13. The summed E-state index contributed by atoms with van der Waals surface area (Å²) in [5.41, 5.74) is 4.36. The Morgan fingerprint density at radius 2 is 1.84 bits per heavy atom. The number of fused-ring (bicyclic) bond motifs is 1. The van der Waals surface area contributed by atoms with Crippen LogP contribution in [0, 0.1) is 6.92 Å². The van der Waals surface area contributed by atoms with Gasteiger partial charge in [0.15, 0.2) is 0 Å². The minimum absolute atomic E-state index is 0.707. The summed E-state index contributed by atoms with van der Waals surface area (Å²) in [6.45, 7) is 4.08. The van der Waals surface area contributed by atoms with E-state index in [0.717, 1.165) is 16.9 Å². The Balaban J connectivity index is 0.000000637. The van der Waals surface area contributed by atoms with Gasteiger partial charge in [-0.15, -0.1) is 0 Å². The van der Waals surface area contributed by atoms with E-state index in [0.29, 0.717) is 5.02 Å². The molecule has 0 radical (unpaired) electrons. The third-order valence-electron chi connectivity index (χ3n) is 2.82. The lowest BCUT2D eigenvalue weighted by Gasteiger charge is -2.02. The van der Waals surface area contributed by atoms with Gasteiger partial charge in [0.1, 0.15) is 12.4 Å². The van der Waals surface area contributed by atoms with Crippen molar-refractivity contribution in [1.82, 2.24) is 9.38 Å². The molecule has 0 aliphatic carbocycles. The van der Waals surface area contributed by atoms with Crippen LogP contribution in [0.1, 0.15) is 5.56 Å². The number of nitrogens with zero attached hydrogens (tertiary/aromatic N) is 2. The van der Waals surface area contributed by atoms with E-state index in [-0.39, 0.29) is 0 Å². The second kappa shape index (κ2) is 5.67. The number of hydrogen-bond acceptors (Lipinski definition) is 2. The number of aromatic nitrogens is 2. The van der Waals surface area contributed by atoms with Crippen molar-refractivity contribution < 1.29 is 4.79 Å². The minimum Gasteiger partial charge on any atom is -0.307 e. The largest absolute Gasteiger partial charge is 0.307 e. The molecule has 0 saturated heterocycles. The first kappa shape index (κ1) is 13.3. The van der Waals surface area contributed by atoms with Crippen molar-refractivity contribution in [1.29, 1.82) is 0 Å². The van der Waals surface area contributed by atoms with Crippen LogP contribution in [-0.2, 0) is 4.79 Å². The Bertz CT molecular complexity index is 689. The molecule has 0 unspecified atom stereocenters. The molecule has 0 amide bonds. The second-order valence-electron chi connectivity index (χ2n) is 4.08. The van der Waals surface area contributed by atoms with Crippen molar-refractivity contribution >= 4 is 24.0 Å². The summed E-state index contributed by atoms with van der Waals surface area (Å²) in [6.07, 6.45) is 3.82. The minimum atomic E-state index is 0.707. The van der Waals surface area contributed by atoms with Crippen LogP contribution in [0.25, 0.3) is 16.9 Å². The summed E-state index contributed by atoms with van der Waals surface area (Å²) >= 11 is 5.94. The lowest BCUT2D eigenvalue weighted by molar-refractivity contribution is -0.0979. The van der Waals surface area contributed by atoms with Gasteiger partial charge in [0.05, 0.1) is 11.9 Å². The summed E-state index contributed by atoms with van der Waals surface area (Å²) in [4.78, 5) is 12.4. The van der Waals surface area contributed by atoms with E-state index < -0.39 is 0 Å². The molecule has 0 bridgehead atoms. The second-order valence-corrected chi connectivity index (χ2v) is 4.52. The molecule has 19 heavy (non-hydrogen) atoms. The number of pyridine rings is 1. The molecule has 0 spiro atoms. The number of rotatable bonds is 1. The molecular formula is C15H13ClN2O. The standard InChI is InChI=1S/C14H11ClN2.CH2O/c1-10-2-4-11(5-3-10)13-9-16-14-8-12(15)6-7-17(13)14;1-2/h2-9H,1H3;1H2. The van der Waals surface area contributed by atoms with Crippen LogP contribution in [0.4, 0.5) is 0 Å². The maximum atomic E-state index is 8.00. The van der Waals surface area contributed by atoms with E-state index >= 15 is 0 Å². The molecule has 0 atom stereocenters. The van der Waals surface area contributed by atoms with Gasteiger partial charge in [-0.05, 0) is 13.0 Å². The molecule has 96 valence electrons. The first-order chi connectivity index (χ1) is 9.24. The predicted octanol–water partition coefficient (Wildman–Crippen LogP) is 3.78. The third-order valence-corrected chi connectivity index (χ3v) is 3.06. The quantitative estimate of drug-likeness (QED) is 0.676. The van der Waals surface area contributed by atoms with E-state index in [2.05, 4.69) is 36.2 Å². The zero-order valence-electron chi connectivity index (χ0n) is 10.5. The molecular weight excluding hydrogens is 260 g/mol. The Morgan fingerprint density at radius 3 is 2.53 bits per heavy atom. The molecule has 1 aromatic carbocycles. The van der Waals surface area contributed by atoms with Crippen molar-refractivity contribution in [2.24, 2.45) is 0 Å². The summed E-state index contributed by atoms with van der Waals surface area (Å²) in [7, 11) is 0. The Morgan fingerprint density at radius 1 is 1.16 bits per heavy atom. The highest BCUT2D eigenvalue weighted by molar-refractivity contribution is 6.30. The van der Waals surface area contributed by atoms with Crippen LogP contribution in [0.5, 0.6) is 0 Å². The summed E-state index contributed by atoms with van der Waals surface area (Å²) < 4.78 is 2.04. The Labute approximate surface area is 116 Å². The smallest absolute Gasteiger partial charge is 0.138 e. The SMILES string of the molecule is C=O.Cc1ccc(-c2cnc3cc(Cl)ccn23)cc1. The fourth-order valence-corrected chi connectivity index (χ4v) is 2.05. The van der Waals surface area contributed by atoms with Crippen molar-refractivity contribution in [2.75, 3.05) is 0 Å². The predicted molar refractivity (Wildman–Crippen MR) is 77.5 cm³/mol. The van der Waals surface area contributed by atoms with Gasteiger partial charge >= 0.3 is 0 Å². The van der Waals surface area contributed by atoms with Crippen molar-refractivity contribution in [3.63, 3.8) is 0 Å². The molecule has 2 heterocycles. The van der Waals surface area contributed by atoms with Gasteiger partial charge in [-0.1, -0.05) is 41.4 Å². The third kappa shape index (κ3) is 2.66. The molecule has 0 aliphatic heterocycles. The zero-order valence-corrected chi connectivity index (χ0v) is 11.3. The maximum absolute atomic E-state index is 8.00. The van der Waals surface area contributed by atoms with Crippen LogP contribution in [0.2, 0.25) is 5.02 Å². The summed E-state index contributed by atoms with van der Waals surface area (Å²) in [5.74, 6) is 0. The van der Waals surface area contributed by atoms with Crippen LogP contribution >= 0.6 is 11.6 Å². The molecule has 0 N–H and O–H groups in total. The number of halogens is 1. The highest BCUT2D eigenvalue weighted by atomic mass is 35.5. The molecule has 3 aromatic rings. The number of carbonyl (C=O) groups is 1. The first-order valence-corrected chi connectivity index (χ1v) is 6.10. The van der Waals surface area contributed by atoms with Crippen molar-refractivity contribution in [3.8, 4) is 11.3 Å². The number of imidazole rings is 1. The highest BCUT2D eigenvalue weighted by Gasteiger charge is 2.05. The molecule has 2 aromatic heterocycles. The normalized spacial score (nSPS) is 10.0. The van der Waals surface area contributed by atoms with Crippen molar-refractivity contribution in [2.45, 2.75) is 6.92 Å². The molecule has 3 nitrogen and oxygen atoms in total. The molecule has 0 aliphatic rings. The average Bonchev–Trinajstić information content (AvgIpc) is 2.85. The first-order valence-electron chi connectivity index (χ1n) is 5.72. The van der Waals surface area contributed by atoms with Gasteiger partial charge in [-0.2, -0.15) is 0 Å². The van der Waals surface area contributed by atoms with Crippen LogP contribution in [-0.4, -0.2) is 16.2 Å². The van der Waals surface area contributed by atoms with Crippen molar-refractivity contribution in [3.05, 3.63) is 59.4 Å². The van der Waals surface area contributed by atoms with Gasteiger partial charge in [0.25, 0.3) is 0 Å². The molecule has 3 rings (SSSR count). The fourth-order valence-electron chi connectivity index (χ4n) is 1.89. The number of benzene rings is 1. The van der Waals surface area contributed by atoms with Gasteiger partial charge in [-0.25, -0.2) is 4.98 Å². The Kier molecular flexibility index (Phi) is 3.97. The zero-order chi connectivity index (χ0) is 13.8. The lowest BCUT2D eigenvalue weighted by Crippen LogP contribution is -1.87. The van der Waals surface area contributed by atoms with Crippen LogP contribution in [0.3, 0.4) is 0 Å². The fraction of sp³-hybridized carbons (Fsp3) is 0.0667. The molecule has 4 heteroatoms. The summed E-state index contributed by atoms with van der Waals surface area (Å²) in [5, 5.41) is 0.707. The van der Waals surface area contributed by atoms with Crippen LogP contribution < -0.4 is 0 Å². The lowest BCUT2D eigenvalue weighted by atomic mass is 10.1. The van der Waals surface area contributed by atoms with E-state index in [1.165, 1.54) is 5.56 Å². The van der Waals surface area contributed by atoms with Gasteiger partial charge < -0.3 is 4.79 Å². The summed E-state index contributed by atoms with van der Waals surface area (Å²) in [6, 6.07) is 12.1. The number of aryl methyl sites for hydroxylation is 1. The van der Waals surface area contributed by atoms with E-state index in [1.54, 1.807) is 0 Å². The monoisotopic (exact) mass is 272 g/mol. The number of carbonyl (C=O) groups excluding carboxylic acids is 1. The van der Waals surface area contributed by atoms with E-state index in [9.17, 15) is 0 Å². The van der Waals surface area contributed by atoms with Gasteiger partial charge in [-0.3, -0.25) is 4.40 Å².